The molecule has 12 heteroatoms. The summed E-state index contributed by atoms with van der Waals surface area (Å²) < 4.78 is 16.0. The van der Waals surface area contributed by atoms with Crippen molar-refractivity contribution in [1.82, 2.24) is 20.1 Å². The van der Waals surface area contributed by atoms with Crippen molar-refractivity contribution in [1.29, 1.82) is 0 Å². The average Bonchev–Trinajstić information content (AvgIpc) is 3.38. The van der Waals surface area contributed by atoms with Gasteiger partial charge in [-0.25, -0.2) is 0 Å². The van der Waals surface area contributed by atoms with Crippen molar-refractivity contribution in [3.05, 3.63) is 17.3 Å². The molecule has 1 saturated heterocycles. The van der Waals surface area contributed by atoms with Gasteiger partial charge in [-0.2, -0.15) is 4.98 Å². The normalized spacial score (nSPS) is 16.0. The molecule has 0 bridgehead atoms. The number of nitrogens with zero attached hydrogens (tertiary/aromatic N) is 4. The molecular weight excluding hydrogens is 396 g/mol. The summed E-state index contributed by atoms with van der Waals surface area (Å²) in [5.41, 5.74) is 6.85. The Kier molecular flexibility index (Phi) is 6.79. The number of likely N-dealkylation sites (tertiary alicyclic amines) is 1. The Labute approximate surface area is 172 Å². The van der Waals surface area contributed by atoms with E-state index in [0.29, 0.717) is 37.3 Å². The van der Waals surface area contributed by atoms with E-state index in [9.17, 15) is 9.59 Å². The molecule has 2 aromatic rings. The molecule has 12 nitrogen and oxygen atoms in total. The average molecular weight is 420 g/mol. The second kappa shape index (κ2) is 9.50. The molecule has 3 heterocycles. The largest absolute Gasteiger partial charge is 0.480 e. The molecule has 1 unspecified atom stereocenters. The van der Waals surface area contributed by atoms with E-state index in [0.717, 1.165) is 6.42 Å². The number of carbonyl (C=O) groups is 2. The van der Waals surface area contributed by atoms with Gasteiger partial charge in [-0.15, -0.1) is 10.2 Å². The molecule has 1 atom stereocenters. The fraction of sp³-hybridized carbons (Fsp3) is 0.500. The zero-order valence-electron chi connectivity index (χ0n) is 16.8. The molecule has 0 radical (unpaired) electrons. The third-order valence-electron chi connectivity index (χ3n) is 4.66. The van der Waals surface area contributed by atoms with Crippen molar-refractivity contribution in [2.75, 3.05) is 45.7 Å². The van der Waals surface area contributed by atoms with Crippen molar-refractivity contribution >= 4 is 17.8 Å². The lowest BCUT2D eigenvalue weighted by molar-refractivity contribution is -0.134. The van der Waals surface area contributed by atoms with Gasteiger partial charge in [-0.3, -0.25) is 9.59 Å². The lowest BCUT2D eigenvalue weighted by atomic mass is 10.1. The van der Waals surface area contributed by atoms with Crippen LogP contribution in [0.2, 0.25) is 0 Å². The van der Waals surface area contributed by atoms with Gasteiger partial charge >= 0.3 is 5.97 Å². The van der Waals surface area contributed by atoms with Crippen LogP contribution < -0.4 is 15.8 Å². The summed E-state index contributed by atoms with van der Waals surface area (Å²) in [4.78, 5) is 29.4. The molecule has 1 fully saturated rings. The third kappa shape index (κ3) is 4.66. The zero-order chi connectivity index (χ0) is 21.7. The monoisotopic (exact) mass is 420 g/mol. The van der Waals surface area contributed by atoms with Gasteiger partial charge < -0.3 is 34.9 Å². The first-order chi connectivity index (χ1) is 14.5. The van der Waals surface area contributed by atoms with Gasteiger partial charge in [-0.05, 0) is 31.0 Å². The van der Waals surface area contributed by atoms with Gasteiger partial charge in [0.1, 0.15) is 6.54 Å². The fourth-order valence-electron chi connectivity index (χ4n) is 3.14. The number of hydrogen-bond donors (Lipinski definition) is 3. The minimum Gasteiger partial charge on any atom is -0.480 e. The van der Waals surface area contributed by atoms with Gasteiger partial charge in [0.05, 0.1) is 13.2 Å². The molecule has 30 heavy (non-hydrogen) atoms. The number of oxazole rings is 1. The van der Waals surface area contributed by atoms with Crippen LogP contribution in [0.5, 0.6) is 5.88 Å². The lowest BCUT2D eigenvalue weighted by Crippen LogP contribution is -2.31. The van der Waals surface area contributed by atoms with E-state index in [1.165, 1.54) is 7.11 Å². The Hall–Kier alpha value is -3.25. The molecule has 2 aromatic heterocycles. The Morgan fingerprint density at radius 2 is 2.20 bits per heavy atom. The maximum atomic E-state index is 12.8. The molecule has 3 rings (SSSR count). The summed E-state index contributed by atoms with van der Waals surface area (Å²) in [6.07, 6.45) is 1.20. The SMILES string of the molecule is COc1nc(-c2nnc(C(=O)N3CCC(OC)C3)cc2CCN)oc1NCC(=O)O. The Morgan fingerprint density at radius 1 is 1.40 bits per heavy atom. The van der Waals surface area contributed by atoms with E-state index in [1.54, 1.807) is 18.1 Å². The van der Waals surface area contributed by atoms with Crippen LogP contribution in [-0.2, 0) is 16.0 Å². The third-order valence-corrected chi connectivity index (χ3v) is 4.66. The van der Waals surface area contributed by atoms with Crippen molar-refractivity contribution in [3.8, 4) is 17.5 Å². The minimum atomic E-state index is -1.07. The van der Waals surface area contributed by atoms with Gasteiger partial charge in [-0.1, -0.05) is 0 Å². The number of aromatic nitrogens is 3. The van der Waals surface area contributed by atoms with Crippen molar-refractivity contribution in [2.24, 2.45) is 5.73 Å². The second-order valence-corrected chi connectivity index (χ2v) is 6.64. The molecule has 0 aliphatic carbocycles. The Bertz CT molecular complexity index is 917. The van der Waals surface area contributed by atoms with E-state index in [1.807, 2.05) is 0 Å². The van der Waals surface area contributed by atoms with Gasteiger partial charge in [0.2, 0.25) is 0 Å². The fourth-order valence-corrected chi connectivity index (χ4v) is 3.14. The number of nitrogens with one attached hydrogen (secondary N) is 1. The molecule has 1 aliphatic heterocycles. The molecule has 4 N–H and O–H groups in total. The number of amides is 1. The summed E-state index contributed by atoms with van der Waals surface area (Å²) >= 11 is 0. The first kappa shape index (κ1) is 21.5. The van der Waals surface area contributed by atoms with Crippen molar-refractivity contribution in [2.45, 2.75) is 18.9 Å². The smallest absolute Gasteiger partial charge is 0.322 e. The van der Waals surface area contributed by atoms with Crippen LogP contribution >= 0.6 is 0 Å². The Morgan fingerprint density at radius 3 is 2.83 bits per heavy atom. The van der Waals surface area contributed by atoms with E-state index in [4.69, 9.17) is 24.7 Å². The van der Waals surface area contributed by atoms with Crippen LogP contribution in [0.1, 0.15) is 22.5 Å². The summed E-state index contributed by atoms with van der Waals surface area (Å²) in [5, 5.41) is 19.6. The molecule has 0 aromatic carbocycles. The number of methoxy groups -OCH3 is 2. The first-order valence-corrected chi connectivity index (χ1v) is 9.36. The number of carboxylic acid groups (broad SMARTS) is 1. The maximum absolute atomic E-state index is 12.8. The maximum Gasteiger partial charge on any atom is 0.322 e. The number of rotatable bonds is 9. The predicted molar refractivity (Wildman–Crippen MR) is 104 cm³/mol. The Balaban J connectivity index is 1.88. The minimum absolute atomic E-state index is 0.0150. The quantitative estimate of drug-likeness (QED) is 0.499. The molecule has 1 aliphatic rings. The summed E-state index contributed by atoms with van der Waals surface area (Å²) in [5.74, 6) is -1.09. The molecule has 162 valence electrons. The highest BCUT2D eigenvalue weighted by molar-refractivity contribution is 5.92. The second-order valence-electron chi connectivity index (χ2n) is 6.64. The van der Waals surface area contributed by atoms with Crippen LogP contribution in [0.25, 0.3) is 11.6 Å². The number of nitrogens with two attached hydrogens (primary N) is 1. The number of carbonyl (C=O) groups excluding carboxylic acids is 1. The highest BCUT2D eigenvalue weighted by Gasteiger charge is 2.29. The summed E-state index contributed by atoms with van der Waals surface area (Å²) in [6.45, 7) is 1.02. The van der Waals surface area contributed by atoms with Crippen LogP contribution in [-0.4, -0.2) is 83.6 Å². The van der Waals surface area contributed by atoms with Crippen molar-refractivity contribution in [3.63, 3.8) is 0 Å². The predicted octanol–water partition coefficient (Wildman–Crippen LogP) is -0.00120. The van der Waals surface area contributed by atoms with E-state index in [-0.39, 0.29) is 41.9 Å². The van der Waals surface area contributed by atoms with E-state index >= 15 is 0 Å². The van der Waals surface area contributed by atoms with E-state index in [2.05, 4.69) is 20.5 Å². The highest BCUT2D eigenvalue weighted by atomic mass is 16.5. The van der Waals surface area contributed by atoms with Crippen LogP contribution in [0.3, 0.4) is 0 Å². The molecule has 0 saturated carbocycles. The van der Waals surface area contributed by atoms with Gasteiger partial charge in [0, 0.05) is 20.2 Å². The number of anilines is 1. The standard InChI is InChI=1S/C18H24N6O6/c1-28-11-4-6-24(9-11)18(27)12-7-10(3-5-19)14(23-22-12)15-21-17(29-2)16(30-15)20-8-13(25)26/h7,11,20H,3-6,8-9,19H2,1-2H3,(H,25,26). The van der Waals surface area contributed by atoms with Crippen LogP contribution in [0.15, 0.2) is 10.5 Å². The van der Waals surface area contributed by atoms with E-state index < -0.39 is 5.97 Å². The summed E-state index contributed by atoms with van der Waals surface area (Å²) in [7, 11) is 3.00. The van der Waals surface area contributed by atoms with Crippen molar-refractivity contribution < 1.29 is 28.6 Å². The summed E-state index contributed by atoms with van der Waals surface area (Å²) in [6, 6.07) is 1.62. The van der Waals surface area contributed by atoms with Crippen LogP contribution in [0, 0.1) is 0 Å². The number of carboxylic acids is 1. The topological polar surface area (TPSA) is 166 Å². The number of ether oxygens (including phenoxy) is 2. The number of aliphatic carboxylic acids is 1. The number of hydrogen-bond acceptors (Lipinski definition) is 10. The molecule has 1 amide bonds. The zero-order valence-corrected chi connectivity index (χ0v) is 16.8. The first-order valence-electron chi connectivity index (χ1n) is 9.36. The van der Waals surface area contributed by atoms with Crippen LogP contribution in [0.4, 0.5) is 5.88 Å². The van der Waals surface area contributed by atoms with Gasteiger partial charge in [0.15, 0.2) is 11.4 Å². The highest BCUT2D eigenvalue weighted by Crippen LogP contribution is 2.31. The molecule has 0 spiro atoms. The molecular formula is C18H24N6O6. The lowest BCUT2D eigenvalue weighted by Gasteiger charge is -2.16. The van der Waals surface area contributed by atoms with Gasteiger partial charge in [0.25, 0.3) is 23.6 Å².